The molecule has 1 aromatic heterocycles. The van der Waals surface area contributed by atoms with Gasteiger partial charge in [-0.25, -0.2) is 0 Å². The highest BCUT2D eigenvalue weighted by atomic mass is 16.5. The standard InChI is InChI=1S/C12H13NO2/c1-4-15-10(3)12(9(2)14)11-5-7-13-8-6-11/h4-8H,1H2,2-3H3/b12-10+. The lowest BCUT2D eigenvalue weighted by Crippen LogP contribution is -2.00. The molecule has 0 N–H and O–H groups in total. The molecule has 3 heteroatoms. The van der Waals surface area contributed by atoms with E-state index in [-0.39, 0.29) is 5.78 Å². The summed E-state index contributed by atoms with van der Waals surface area (Å²) in [5, 5.41) is 0. The first-order chi connectivity index (χ1) is 7.16. The van der Waals surface area contributed by atoms with Gasteiger partial charge in [-0.05, 0) is 31.5 Å². The van der Waals surface area contributed by atoms with Crippen LogP contribution in [-0.2, 0) is 9.53 Å². The van der Waals surface area contributed by atoms with Crippen LogP contribution in [0.2, 0.25) is 0 Å². The van der Waals surface area contributed by atoms with Crippen molar-refractivity contribution in [2.45, 2.75) is 13.8 Å². The van der Waals surface area contributed by atoms with E-state index in [0.29, 0.717) is 11.3 Å². The number of allylic oxidation sites excluding steroid dienone is 2. The third kappa shape index (κ3) is 2.77. The molecule has 0 amide bonds. The SMILES string of the molecule is C=CO/C(C)=C(\C(C)=O)c1ccncc1. The Morgan fingerprint density at radius 3 is 2.47 bits per heavy atom. The number of carbonyl (C=O) groups excluding carboxylic acids is 1. The van der Waals surface area contributed by atoms with Crippen LogP contribution in [0.1, 0.15) is 19.4 Å². The zero-order valence-electron chi connectivity index (χ0n) is 8.86. The molecule has 78 valence electrons. The summed E-state index contributed by atoms with van der Waals surface area (Å²) in [5.41, 5.74) is 1.36. The normalized spacial score (nSPS) is 11.6. The number of carbonyl (C=O) groups is 1. The molecule has 0 aromatic carbocycles. The van der Waals surface area contributed by atoms with Gasteiger partial charge in [0.05, 0.1) is 11.8 Å². The molecule has 1 aromatic rings. The van der Waals surface area contributed by atoms with E-state index in [9.17, 15) is 4.79 Å². The van der Waals surface area contributed by atoms with Crippen molar-refractivity contribution < 1.29 is 9.53 Å². The summed E-state index contributed by atoms with van der Waals surface area (Å²) in [6.07, 6.45) is 4.58. The van der Waals surface area contributed by atoms with Crippen molar-refractivity contribution in [3.05, 3.63) is 48.7 Å². The molecule has 0 aliphatic heterocycles. The fraction of sp³-hybridized carbons (Fsp3) is 0.167. The number of hydrogen-bond donors (Lipinski definition) is 0. The first-order valence-corrected chi connectivity index (χ1v) is 4.56. The Hall–Kier alpha value is -1.90. The second kappa shape index (κ2) is 5.10. The molecule has 0 aliphatic rings. The van der Waals surface area contributed by atoms with E-state index < -0.39 is 0 Å². The zero-order valence-corrected chi connectivity index (χ0v) is 8.86. The maximum Gasteiger partial charge on any atom is 0.163 e. The molecule has 0 aliphatic carbocycles. The molecule has 15 heavy (non-hydrogen) atoms. The highest BCUT2D eigenvalue weighted by Gasteiger charge is 2.11. The molecule has 1 heterocycles. The van der Waals surface area contributed by atoms with Crippen LogP contribution in [0.4, 0.5) is 0 Å². The number of ketones is 1. The van der Waals surface area contributed by atoms with Crippen LogP contribution in [0.3, 0.4) is 0 Å². The minimum Gasteiger partial charge on any atom is -0.470 e. The van der Waals surface area contributed by atoms with Crippen molar-refractivity contribution in [3.8, 4) is 0 Å². The monoisotopic (exact) mass is 203 g/mol. The summed E-state index contributed by atoms with van der Waals surface area (Å²) in [4.78, 5) is 15.4. The van der Waals surface area contributed by atoms with Gasteiger partial charge >= 0.3 is 0 Å². The summed E-state index contributed by atoms with van der Waals surface area (Å²) < 4.78 is 5.12. The lowest BCUT2D eigenvalue weighted by molar-refractivity contribution is -0.111. The van der Waals surface area contributed by atoms with Gasteiger partial charge in [0.1, 0.15) is 5.76 Å². The Morgan fingerprint density at radius 2 is 2.00 bits per heavy atom. The van der Waals surface area contributed by atoms with Gasteiger partial charge < -0.3 is 4.74 Å². The minimum absolute atomic E-state index is 0.0412. The Balaban J connectivity index is 3.20. The summed E-state index contributed by atoms with van der Waals surface area (Å²) >= 11 is 0. The fourth-order valence-electron chi connectivity index (χ4n) is 1.36. The smallest absolute Gasteiger partial charge is 0.163 e. The molecule has 0 atom stereocenters. The third-order valence-corrected chi connectivity index (χ3v) is 1.93. The highest BCUT2D eigenvalue weighted by Crippen LogP contribution is 2.19. The van der Waals surface area contributed by atoms with Crippen molar-refractivity contribution in [1.82, 2.24) is 4.98 Å². The van der Waals surface area contributed by atoms with E-state index in [1.807, 2.05) is 0 Å². The van der Waals surface area contributed by atoms with Crippen LogP contribution in [-0.4, -0.2) is 10.8 Å². The van der Waals surface area contributed by atoms with Gasteiger partial charge in [0, 0.05) is 12.4 Å². The van der Waals surface area contributed by atoms with Gasteiger partial charge in [0.25, 0.3) is 0 Å². The third-order valence-electron chi connectivity index (χ3n) is 1.93. The molecule has 1 rings (SSSR count). The molecule has 0 saturated heterocycles. The van der Waals surface area contributed by atoms with E-state index in [0.717, 1.165) is 5.56 Å². The van der Waals surface area contributed by atoms with Crippen molar-refractivity contribution in [2.75, 3.05) is 0 Å². The highest BCUT2D eigenvalue weighted by molar-refractivity contribution is 6.20. The van der Waals surface area contributed by atoms with Crippen LogP contribution in [0, 0.1) is 0 Å². The first kappa shape index (κ1) is 11.2. The van der Waals surface area contributed by atoms with Gasteiger partial charge in [-0.1, -0.05) is 6.58 Å². The number of hydrogen-bond acceptors (Lipinski definition) is 3. The van der Waals surface area contributed by atoms with Crippen molar-refractivity contribution in [1.29, 1.82) is 0 Å². The van der Waals surface area contributed by atoms with Gasteiger partial charge in [0.2, 0.25) is 0 Å². The van der Waals surface area contributed by atoms with Gasteiger partial charge in [-0.3, -0.25) is 9.78 Å². The summed E-state index contributed by atoms with van der Waals surface area (Å²) in [6.45, 7) is 6.70. The van der Waals surface area contributed by atoms with E-state index >= 15 is 0 Å². The van der Waals surface area contributed by atoms with Crippen LogP contribution < -0.4 is 0 Å². The van der Waals surface area contributed by atoms with E-state index in [1.165, 1.54) is 13.2 Å². The van der Waals surface area contributed by atoms with Crippen molar-refractivity contribution >= 4 is 11.4 Å². The number of ether oxygens (including phenoxy) is 1. The average Bonchev–Trinajstić information content (AvgIpc) is 2.19. The predicted molar refractivity (Wildman–Crippen MR) is 58.8 cm³/mol. The van der Waals surface area contributed by atoms with Crippen LogP contribution >= 0.6 is 0 Å². The largest absolute Gasteiger partial charge is 0.470 e. The fourth-order valence-corrected chi connectivity index (χ4v) is 1.36. The Bertz CT molecular complexity index is 393. The molecular formula is C12H13NO2. The zero-order chi connectivity index (χ0) is 11.3. The molecule has 0 radical (unpaired) electrons. The van der Waals surface area contributed by atoms with E-state index in [1.54, 1.807) is 31.5 Å². The van der Waals surface area contributed by atoms with E-state index in [2.05, 4.69) is 11.6 Å². The number of aromatic nitrogens is 1. The predicted octanol–water partition coefficient (Wildman–Crippen LogP) is 2.56. The number of rotatable bonds is 4. The van der Waals surface area contributed by atoms with E-state index in [4.69, 9.17) is 4.74 Å². The summed E-state index contributed by atoms with van der Waals surface area (Å²) in [7, 11) is 0. The van der Waals surface area contributed by atoms with Gasteiger partial charge in [0.15, 0.2) is 5.78 Å². The Kier molecular flexibility index (Phi) is 3.80. The maximum absolute atomic E-state index is 11.5. The Morgan fingerprint density at radius 1 is 1.40 bits per heavy atom. The van der Waals surface area contributed by atoms with Crippen molar-refractivity contribution in [3.63, 3.8) is 0 Å². The van der Waals surface area contributed by atoms with Gasteiger partial charge in [-0.15, -0.1) is 0 Å². The van der Waals surface area contributed by atoms with Crippen LogP contribution in [0.25, 0.3) is 5.57 Å². The van der Waals surface area contributed by atoms with Crippen molar-refractivity contribution in [2.24, 2.45) is 0 Å². The first-order valence-electron chi connectivity index (χ1n) is 4.56. The molecule has 0 fully saturated rings. The Labute approximate surface area is 89.1 Å². The number of Topliss-reactive ketones (excluding diaryl/α,β-unsaturated/α-hetero) is 1. The second-order valence-electron chi connectivity index (χ2n) is 3.01. The molecule has 0 spiro atoms. The summed E-state index contributed by atoms with van der Waals surface area (Å²) in [5.74, 6) is 0.504. The molecule has 0 saturated carbocycles. The average molecular weight is 203 g/mol. The lowest BCUT2D eigenvalue weighted by Gasteiger charge is -2.08. The minimum atomic E-state index is -0.0412. The van der Waals surface area contributed by atoms with Gasteiger partial charge in [-0.2, -0.15) is 0 Å². The molecule has 0 bridgehead atoms. The topological polar surface area (TPSA) is 39.2 Å². The van der Waals surface area contributed by atoms with Crippen LogP contribution in [0.5, 0.6) is 0 Å². The lowest BCUT2D eigenvalue weighted by atomic mass is 10.0. The molecular weight excluding hydrogens is 190 g/mol. The van der Waals surface area contributed by atoms with Crippen LogP contribution in [0.15, 0.2) is 43.1 Å². The quantitative estimate of drug-likeness (QED) is 0.557. The summed E-state index contributed by atoms with van der Waals surface area (Å²) in [6, 6.07) is 3.54. The maximum atomic E-state index is 11.5. The molecule has 3 nitrogen and oxygen atoms in total. The second-order valence-corrected chi connectivity index (χ2v) is 3.01. The number of nitrogens with zero attached hydrogens (tertiary/aromatic N) is 1. The number of pyridine rings is 1. The molecule has 0 unspecified atom stereocenters.